The standard InChI is InChI=1S/C13H11F2N3S/c1-7-5-12-16-9(11-4-3-8(2)19-11)6-10(13(14)15)18(12)17-7/h3-6,13H,1-2H3. The van der Waals surface area contributed by atoms with E-state index in [0.29, 0.717) is 17.0 Å². The first-order valence-electron chi connectivity index (χ1n) is 5.77. The highest BCUT2D eigenvalue weighted by atomic mass is 32.1. The zero-order valence-electron chi connectivity index (χ0n) is 10.4. The number of rotatable bonds is 2. The molecule has 3 nitrogen and oxygen atoms in total. The molecule has 3 rings (SSSR count). The van der Waals surface area contributed by atoms with Crippen LogP contribution in [0.5, 0.6) is 0 Å². The third-order valence-corrected chi connectivity index (χ3v) is 3.82. The van der Waals surface area contributed by atoms with Gasteiger partial charge < -0.3 is 0 Å². The molecule has 0 N–H and O–H groups in total. The molecule has 0 aliphatic rings. The first kappa shape index (κ1) is 12.2. The van der Waals surface area contributed by atoms with Crippen LogP contribution in [0.25, 0.3) is 16.2 Å². The summed E-state index contributed by atoms with van der Waals surface area (Å²) in [5.41, 5.74) is 1.57. The number of alkyl halides is 2. The summed E-state index contributed by atoms with van der Waals surface area (Å²) in [4.78, 5) is 6.41. The lowest BCUT2D eigenvalue weighted by Crippen LogP contribution is -2.02. The van der Waals surface area contributed by atoms with Crippen LogP contribution >= 0.6 is 11.3 Å². The van der Waals surface area contributed by atoms with Gasteiger partial charge in [0.05, 0.1) is 16.3 Å². The second-order valence-electron chi connectivity index (χ2n) is 4.33. The summed E-state index contributed by atoms with van der Waals surface area (Å²) in [6.07, 6.45) is -2.58. The van der Waals surface area contributed by atoms with Crippen molar-refractivity contribution < 1.29 is 8.78 Å². The highest BCUT2D eigenvalue weighted by molar-refractivity contribution is 7.15. The Kier molecular flexibility index (Phi) is 2.82. The van der Waals surface area contributed by atoms with Crippen molar-refractivity contribution in [3.63, 3.8) is 0 Å². The number of hydrogen-bond donors (Lipinski definition) is 0. The average molecular weight is 279 g/mol. The minimum atomic E-state index is -2.58. The van der Waals surface area contributed by atoms with Crippen molar-refractivity contribution in [1.29, 1.82) is 0 Å². The SMILES string of the molecule is Cc1cc2nc(-c3ccc(C)s3)cc(C(F)F)n2n1. The van der Waals surface area contributed by atoms with E-state index >= 15 is 0 Å². The molecule has 19 heavy (non-hydrogen) atoms. The number of hydrogen-bond acceptors (Lipinski definition) is 3. The van der Waals surface area contributed by atoms with E-state index in [1.807, 2.05) is 19.1 Å². The topological polar surface area (TPSA) is 30.2 Å². The molecule has 6 heteroatoms. The van der Waals surface area contributed by atoms with Gasteiger partial charge in [0.1, 0.15) is 5.69 Å². The molecule has 0 radical (unpaired) electrons. The fourth-order valence-corrected chi connectivity index (χ4v) is 2.79. The molecule has 0 unspecified atom stereocenters. The van der Waals surface area contributed by atoms with E-state index in [-0.39, 0.29) is 5.69 Å². The molecule has 98 valence electrons. The smallest absolute Gasteiger partial charge is 0.228 e. The monoisotopic (exact) mass is 279 g/mol. The van der Waals surface area contributed by atoms with Gasteiger partial charge in [0.25, 0.3) is 6.43 Å². The lowest BCUT2D eigenvalue weighted by molar-refractivity contribution is 0.143. The Balaban J connectivity index is 2.26. The maximum atomic E-state index is 13.1. The van der Waals surface area contributed by atoms with Crippen LogP contribution in [0.4, 0.5) is 8.78 Å². The maximum absolute atomic E-state index is 13.1. The molecule has 0 saturated heterocycles. The third-order valence-electron chi connectivity index (χ3n) is 2.79. The molecular formula is C13H11F2N3S. The summed E-state index contributed by atoms with van der Waals surface area (Å²) in [6, 6.07) is 6.97. The van der Waals surface area contributed by atoms with E-state index in [1.165, 1.54) is 21.9 Å². The normalized spacial score (nSPS) is 11.6. The number of aryl methyl sites for hydroxylation is 2. The van der Waals surface area contributed by atoms with E-state index in [4.69, 9.17) is 0 Å². The summed E-state index contributed by atoms with van der Waals surface area (Å²) in [7, 11) is 0. The summed E-state index contributed by atoms with van der Waals surface area (Å²) >= 11 is 1.54. The van der Waals surface area contributed by atoms with Gasteiger partial charge in [0, 0.05) is 10.9 Å². The summed E-state index contributed by atoms with van der Waals surface area (Å²) in [6.45, 7) is 3.74. The molecule has 3 aromatic rings. The van der Waals surface area contributed by atoms with Crippen LogP contribution < -0.4 is 0 Å². The van der Waals surface area contributed by atoms with Gasteiger partial charge in [0.15, 0.2) is 5.65 Å². The highest BCUT2D eigenvalue weighted by Crippen LogP contribution is 2.30. The van der Waals surface area contributed by atoms with Crippen LogP contribution in [0.2, 0.25) is 0 Å². The molecule has 3 aromatic heterocycles. The molecule has 0 aliphatic carbocycles. The van der Waals surface area contributed by atoms with E-state index in [2.05, 4.69) is 10.1 Å². The average Bonchev–Trinajstić information content (AvgIpc) is 2.92. The van der Waals surface area contributed by atoms with Crippen LogP contribution in [-0.4, -0.2) is 14.6 Å². The van der Waals surface area contributed by atoms with Crippen LogP contribution in [0, 0.1) is 13.8 Å². The van der Waals surface area contributed by atoms with Gasteiger partial charge in [0.2, 0.25) is 0 Å². The summed E-state index contributed by atoms with van der Waals surface area (Å²) in [5.74, 6) is 0. The van der Waals surface area contributed by atoms with Crippen molar-refractivity contribution in [2.45, 2.75) is 20.3 Å². The lowest BCUT2D eigenvalue weighted by atomic mass is 10.2. The van der Waals surface area contributed by atoms with Gasteiger partial charge in [-0.3, -0.25) is 0 Å². The predicted molar refractivity (Wildman–Crippen MR) is 70.7 cm³/mol. The van der Waals surface area contributed by atoms with E-state index in [1.54, 1.807) is 13.0 Å². The summed E-state index contributed by atoms with van der Waals surface area (Å²) < 4.78 is 27.5. The Morgan fingerprint density at radius 2 is 2.00 bits per heavy atom. The Bertz CT molecular complexity index is 746. The van der Waals surface area contributed by atoms with Crippen LogP contribution in [-0.2, 0) is 0 Å². The summed E-state index contributed by atoms with van der Waals surface area (Å²) in [5, 5.41) is 4.05. The van der Waals surface area contributed by atoms with Gasteiger partial charge in [-0.05, 0) is 32.0 Å². The molecule has 0 amide bonds. The van der Waals surface area contributed by atoms with Crippen molar-refractivity contribution in [1.82, 2.24) is 14.6 Å². The van der Waals surface area contributed by atoms with Crippen molar-refractivity contribution in [2.24, 2.45) is 0 Å². The van der Waals surface area contributed by atoms with E-state index in [9.17, 15) is 8.78 Å². The second kappa shape index (κ2) is 4.38. The van der Waals surface area contributed by atoms with Gasteiger partial charge >= 0.3 is 0 Å². The predicted octanol–water partition coefficient (Wildman–Crippen LogP) is 4.01. The Morgan fingerprint density at radius 1 is 1.21 bits per heavy atom. The molecule has 0 aromatic carbocycles. The number of fused-ring (bicyclic) bond motifs is 1. The molecule has 0 aliphatic heterocycles. The molecule has 0 spiro atoms. The van der Waals surface area contributed by atoms with E-state index < -0.39 is 6.43 Å². The fourth-order valence-electron chi connectivity index (χ4n) is 1.97. The lowest BCUT2D eigenvalue weighted by Gasteiger charge is -2.05. The second-order valence-corrected chi connectivity index (χ2v) is 5.62. The Hall–Kier alpha value is -1.82. The molecular weight excluding hydrogens is 268 g/mol. The highest BCUT2D eigenvalue weighted by Gasteiger charge is 2.17. The zero-order chi connectivity index (χ0) is 13.6. The van der Waals surface area contributed by atoms with Crippen molar-refractivity contribution in [3.8, 4) is 10.6 Å². The van der Waals surface area contributed by atoms with Gasteiger partial charge in [-0.1, -0.05) is 0 Å². The van der Waals surface area contributed by atoms with Crippen LogP contribution in [0.15, 0.2) is 24.3 Å². The Labute approximate surface area is 112 Å². The molecule has 3 heterocycles. The quantitative estimate of drug-likeness (QED) is 0.709. The third kappa shape index (κ3) is 2.12. The molecule has 0 atom stereocenters. The fraction of sp³-hybridized carbons (Fsp3) is 0.231. The maximum Gasteiger partial charge on any atom is 0.280 e. The van der Waals surface area contributed by atoms with Crippen molar-refractivity contribution in [2.75, 3.05) is 0 Å². The van der Waals surface area contributed by atoms with Crippen molar-refractivity contribution >= 4 is 17.0 Å². The molecule has 0 bridgehead atoms. The molecule has 0 fully saturated rings. The van der Waals surface area contributed by atoms with Crippen LogP contribution in [0.1, 0.15) is 22.7 Å². The number of halogens is 2. The van der Waals surface area contributed by atoms with Crippen molar-refractivity contribution in [3.05, 3.63) is 40.5 Å². The van der Waals surface area contributed by atoms with Crippen LogP contribution in [0.3, 0.4) is 0 Å². The minimum absolute atomic E-state index is 0.126. The van der Waals surface area contributed by atoms with Gasteiger partial charge in [-0.2, -0.15) is 5.10 Å². The Morgan fingerprint density at radius 3 is 2.63 bits per heavy atom. The van der Waals surface area contributed by atoms with Gasteiger partial charge in [-0.25, -0.2) is 18.3 Å². The number of thiophene rings is 1. The zero-order valence-corrected chi connectivity index (χ0v) is 11.2. The largest absolute Gasteiger partial charge is 0.280 e. The first-order chi connectivity index (χ1) is 9.04. The number of nitrogens with zero attached hydrogens (tertiary/aromatic N) is 3. The number of aromatic nitrogens is 3. The molecule has 0 saturated carbocycles. The first-order valence-corrected chi connectivity index (χ1v) is 6.58. The van der Waals surface area contributed by atoms with Gasteiger partial charge in [-0.15, -0.1) is 11.3 Å². The minimum Gasteiger partial charge on any atom is -0.228 e. The van der Waals surface area contributed by atoms with E-state index in [0.717, 1.165) is 9.75 Å².